The molecule has 0 saturated heterocycles. The molecule has 1 atom stereocenters. The van der Waals surface area contributed by atoms with Crippen molar-refractivity contribution in [1.82, 2.24) is 5.32 Å². The van der Waals surface area contributed by atoms with Crippen LogP contribution >= 0.6 is 0 Å². The summed E-state index contributed by atoms with van der Waals surface area (Å²) in [6.07, 6.45) is -2.29. The Kier molecular flexibility index (Phi) is 3.90. The van der Waals surface area contributed by atoms with Crippen molar-refractivity contribution in [1.29, 1.82) is 0 Å². The molecular formula is C18H16F3NO. The largest absolute Gasteiger partial charge is 0.573 e. The average molecular weight is 319 g/mol. The predicted octanol–water partition coefficient (Wildman–Crippen LogP) is 4.16. The minimum absolute atomic E-state index is 0.218. The van der Waals surface area contributed by atoms with Crippen LogP contribution in [0.5, 0.6) is 5.75 Å². The van der Waals surface area contributed by atoms with Gasteiger partial charge in [-0.25, -0.2) is 0 Å². The molecule has 0 spiro atoms. The summed E-state index contributed by atoms with van der Waals surface area (Å²) in [7, 11) is 0. The fourth-order valence-corrected chi connectivity index (χ4v) is 3.15. The molecule has 120 valence electrons. The third-order valence-electron chi connectivity index (χ3n) is 4.08. The van der Waals surface area contributed by atoms with E-state index in [-0.39, 0.29) is 5.75 Å². The van der Waals surface area contributed by atoms with Crippen molar-refractivity contribution in [2.45, 2.75) is 18.3 Å². The monoisotopic (exact) mass is 319 g/mol. The van der Waals surface area contributed by atoms with Crippen molar-refractivity contribution >= 4 is 0 Å². The van der Waals surface area contributed by atoms with Crippen LogP contribution in [0.1, 0.15) is 16.7 Å². The second-order valence-corrected chi connectivity index (χ2v) is 5.39. The summed E-state index contributed by atoms with van der Waals surface area (Å²) in [4.78, 5) is 0. The molecule has 3 rings (SSSR count). The van der Waals surface area contributed by atoms with E-state index in [9.17, 15) is 13.2 Å². The van der Waals surface area contributed by atoms with Crippen molar-refractivity contribution in [3.63, 3.8) is 0 Å². The minimum atomic E-state index is -4.74. The van der Waals surface area contributed by atoms with E-state index < -0.39 is 11.9 Å². The number of hydrogen-bond acceptors (Lipinski definition) is 2. The number of alkyl halides is 3. The molecule has 1 aliphatic heterocycles. The number of nitrogens with one attached hydrogen (secondary N) is 1. The maximum Gasteiger partial charge on any atom is 0.573 e. The molecule has 1 aliphatic rings. The number of fused-ring (bicyclic) bond motifs is 1. The quantitative estimate of drug-likeness (QED) is 0.858. The highest BCUT2D eigenvalue weighted by atomic mass is 19.4. The van der Waals surface area contributed by atoms with Gasteiger partial charge in [0.2, 0.25) is 0 Å². The molecule has 5 heteroatoms. The number of halogens is 3. The molecule has 0 radical (unpaired) electrons. The van der Waals surface area contributed by atoms with E-state index in [1.807, 2.05) is 24.3 Å². The molecule has 0 aliphatic carbocycles. The molecule has 0 saturated carbocycles. The van der Waals surface area contributed by atoms with Gasteiger partial charge in [-0.15, -0.1) is 19.8 Å². The van der Waals surface area contributed by atoms with Gasteiger partial charge in [0.05, 0.1) is 5.54 Å². The Balaban J connectivity index is 2.19. The second kappa shape index (κ2) is 5.74. The van der Waals surface area contributed by atoms with Crippen molar-refractivity contribution in [3.05, 3.63) is 77.9 Å². The summed E-state index contributed by atoms with van der Waals surface area (Å²) < 4.78 is 42.5. The van der Waals surface area contributed by atoms with Crippen molar-refractivity contribution in [2.75, 3.05) is 6.54 Å². The molecule has 2 aromatic rings. The number of ether oxygens (including phenoxy) is 1. The van der Waals surface area contributed by atoms with E-state index in [1.54, 1.807) is 18.2 Å². The Morgan fingerprint density at radius 2 is 1.70 bits per heavy atom. The molecule has 2 nitrogen and oxygen atoms in total. The Bertz CT molecular complexity index is 726. The van der Waals surface area contributed by atoms with Gasteiger partial charge < -0.3 is 10.1 Å². The highest BCUT2D eigenvalue weighted by molar-refractivity contribution is 5.53. The summed E-state index contributed by atoms with van der Waals surface area (Å²) in [6.45, 7) is 4.51. The number of benzene rings is 2. The van der Waals surface area contributed by atoms with Gasteiger partial charge in [0.1, 0.15) is 5.75 Å². The van der Waals surface area contributed by atoms with E-state index in [4.69, 9.17) is 0 Å². The average Bonchev–Trinajstić information content (AvgIpc) is 2.53. The Morgan fingerprint density at radius 1 is 1.04 bits per heavy atom. The molecule has 1 N–H and O–H groups in total. The maximum absolute atomic E-state index is 12.7. The summed E-state index contributed by atoms with van der Waals surface area (Å²) in [5.74, 6) is -0.218. The summed E-state index contributed by atoms with van der Waals surface area (Å²) in [6, 6.07) is 13.9. The van der Waals surface area contributed by atoms with Crippen LogP contribution in [0.25, 0.3) is 0 Å². The topological polar surface area (TPSA) is 21.3 Å². The lowest BCUT2D eigenvalue weighted by molar-refractivity contribution is -0.275. The molecule has 23 heavy (non-hydrogen) atoms. The van der Waals surface area contributed by atoms with Crippen LogP contribution in [0.3, 0.4) is 0 Å². The number of para-hydroxylation sites is 1. The Labute approximate surface area is 132 Å². The number of rotatable bonds is 3. The fourth-order valence-electron chi connectivity index (χ4n) is 3.15. The lowest BCUT2D eigenvalue weighted by atomic mass is 9.77. The van der Waals surface area contributed by atoms with Crippen molar-refractivity contribution in [2.24, 2.45) is 0 Å². The van der Waals surface area contributed by atoms with Crippen LogP contribution in [-0.4, -0.2) is 12.9 Å². The zero-order valence-electron chi connectivity index (χ0n) is 12.4. The Hall–Kier alpha value is -2.27. The second-order valence-electron chi connectivity index (χ2n) is 5.39. The van der Waals surface area contributed by atoms with Crippen LogP contribution in [0.4, 0.5) is 13.2 Å². The van der Waals surface area contributed by atoms with Gasteiger partial charge in [0.25, 0.3) is 0 Å². The molecule has 2 aromatic carbocycles. The molecule has 0 amide bonds. The molecular weight excluding hydrogens is 303 g/mol. The molecule has 0 fully saturated rings. The normalized spacial score (nSPS) is 20.7. The fraction of sp³-hybridized carbons (Fsp3) is 0.222. The van der Waals surface area contributed by atoms with E-state index in [0.717, 1.165) is 17.5 Å². The van der Waals surface area contributed by atoms with Gasteiger partial charge >= 0.3 is 6.36 Å². The van der Waals surface area contributed by atoms with E-state index in [0.29, 0.717) is 12.1 Å². The van der Waals surface area contributed by atoms with Crippen molar-refractivity contribution < 1.29 is 17.9 Å². The zero-order valence-corrected chi connectivity index (χ0v) is 12.4. The van der Waals surface area contributed by atoms with Crippen LogP contribution in [-0.2, 0) is 12.0 Å². The van der Waals surface area contributed by atoms with Crippen molar-refractivity contribution in [3.8, 4) is 5.75 Å². The van der Waals surface area contributed by atoms with E-state index in [2.05, 4.69) is 16.6 Å². The van der Waals surface area contributed by atoms with Crippen LogP contribution < -0.4 is 10.1 Å². The third-order valence-corrected chi connectivity index (χ3v) is 4.08. The standard InChI is InChI=1S/C18H16F3NO/c1-2-17(14-8-4-3-7-13(14)11-12-22-17)15-9-5-6-10-16(15)23-18(19,20)21/h2-10,22H,1,11-12H2. The highest BCUT2D eigenvalue weighted by Crippen LogP contribution is 2.41. The number of hydrogen-bond donors (Lipinski definition) is 1. The van der Waals surface area contributed by atoms with Gasteiger partial charge in [-0.1, -0.05) is 48.5 Å². The summed E-state index contributed by atoms with van der Waals surface area (Å²) in [5, 5.41) is 3.32. The first-order valence-corrected chi connectivity index (χ1v) is 7.28. The summed E-state index contributed by atoms with van der Waals surface area (Å²) >= 11 is 0. The SMILES string of the molecule is C=CC1(c2ccccc2OC(F)(F)F)NCCc2ccccc21. The Morgan fingerprint density at radius 3 is 2.39 bits per heavy atom. The van der Waals surface area contributed by atoms with Gasteiger partial charge in [-0.05, 0) is 23.6 Å². The maximum atomic E-state index is 12.7. The highest BCUT2D eigenvalue weighted by Gasteiger charge is 2.40. The minimum Gasteiger partial charge on any atom is -0.405 e. The van der Waals surface area contributed by atoms with Gasteiger partial charge in [-0.2, -0.15) is 0 Å². The van der Waals surface area contributed by atoms with Crippen LogP contribution in [0.15, 0.2) is 61.2 Å². The molecule has 1 heterocycles. The third kappa shape index (κ3) is 2.84. The first-order chi connectivity index (χ1) is 11.0. The van der Waals surface area contributed by atoms with E-state index >= 15 is 0 Å². The van der Waals surface area contributed by atoms with Gasteiger partial charge in [-0.3, -0.25) is 0 Å². The van der Waals surface area contributed by atoms with E-state index in [1.165, 1.54) is 12.1 Å². The van der Waals surface area contributed by atoms with Gasteiger partial charge in [0.15, 0.2) is 0 Å². The smallest absolute Gasteiger partial charge is 0.405 e. The first kappa shape index (κ1) is 15.6. The zero-order chi connectivity index (χ0) is 16.5. The molecule has 0 aromatic heterocycles. The predicted molar refractivity (Wildman–Crippen MR) is 82.3 cm³/mol. The molecule has 1 unspecified atom stereocenters. The van der Waals surface area contributed by atoms with Gasteiger partial charge in [0, 0.05) is 12.1 Å². The first-order valence-electron chi connectivity index (χ1n) is 7.28. The lowest BCUT2D eigenvalue weighted by Crippen LogP contribution is -2.47. The van der Waals surface area contributed by atoms with Crippen LogP contribution in [0.2, 0.25) is 0 Å². The molecule has 0 bridgehead atoms. The van der Waals surface area contributed by atoms with Crippen LogP contribution in [0, 0.1) is 0 Å². The lowest BCUT2D eigenvalue weighted by Gasteiger charge is -2.39. The summed E-state index contributed by atoms with van der Waals surface area (Å²) in [5.41, 5.74) is 1.49.